The number of benzene rings is 2. The molecule has 0 spiro atoms. The summed E-state index contributed by atoms with van der Waals surface area (Å²) in [5.74, 6) is 0. The van der Waals surface area contributed by atoms with Crippen LogP contribution in [0.2, 0.25) is 0 Å². The largest absolute Gasteiger partial charge is 0.416 e. The van der Waals surface area contributed by atoms with E-state index in [2.05, 4.69) is 22.0 Å². The van der Waals surface area contributed by atoms with Crippen LogP contribution in [0.25, 0.3) is 0 Å². The molecule has 0 bridgehead atoms. The summed E-state index contributed by atoms with van der Waals surface area (Å²) in [7, 11) is 0. The Morgan fingerprint density at radius 1 is 0.870 bits per heavy atom. The summed E-state index contributed by atoms with van der Waals surface area (Å²) in [6, 6.07) is 12.8. The highest BCUT2D eigenvalue weighted by atomic mass is 79.9. The van der Waals surface area contributed by atoms with Gasteiger partial charge in [-0.3, -0.25) is 0 Å². The maximum atomic E-state index is 12.3. The fourth-order valence-corrected chi connectivity index (χ4v) is 2.04. The summed E-state index contributed by atoms with van der Waals surface area (Å²) in [5, 5.41) is 16.9. The highest BCUT2D eigenvalue weighted by Crippen LogP contribution is 2.32. The number of hydrogen-bond acceptors (Lipinski definition) is 2. The van der Waals surface area contributed by atoms with Crippen molar-refractivity contribution >= 4 is 15.9 Å². The average Bonchev–Trinajstić information content (AvgIpc) is 2.50. The van der Waals surface area contributed by atoms with Crippen LogP contribution < -0.4 is 0 Å². The Hall–Kier alpha value is -2.31. The second-order valence-electron chi connectivity index (χ2n) is 4.72. The first-order valence-electron chi connectivity index (χ1n) is 6.43. The maximum Gasteiger partial charge on any atom is 0.416 e. The number of hydrogen-bond donors (Lipinski definition) is 0. The van der Waals surface area contributed by atoms with Crippen molar-refractivity contribution in [2.24, 2.45) is 0 Å². The van der Waals surface area contributed by atoms with Crippen LogP contribution in [0, 0.1) is 36.5 Å². The third-order valence-corrected chi connectivity index (χ3v) is 3.83. The molecular formula is C17H12BrF3N2. The third kappa shape index (κ3) is 5.43. The molecule has 0 aliphatic heterocycles. The molecule has 0 unspecified atom stereocenters. The van der Waals surface area contributed by atoms with Gasteiger partial charge in [0.05, 0.1) is 28.8 Å². The van der Waals surface area contributed by atoms with Crippen molar-refractivity contribution in [1.82, 2.24) is 0 Å². The van der Waals surface area contributed by atoms with E-state index in [4.69, 9.17) is 10.5 Å². The molecule has 2 rings (SSSR count). The minimum atomic E-state index is -4.38. The van der Waals surface area contributed by atoms with Gasteiger partial charge in [0.15, 0.2) is 0 Å². The van der Waals surface area contributed by atoms with Crippen LogP contribution in [0.5, 0.6) is 0 Å². The number of halogens is 4. The predicted molar refractivity (Wildman–Crippen MR) is 84.5 cm³/mol. The fraction of sp³-hybridized carbons (Fsp3) is 0.176. The van der Waals surface area contributed by atoms with E-state index in [9.17, 15) is 13.2 Å². The van der Waals surface area contributed by atoms with Crippen molar-refractivity contribution < 1.29 is 13.2 Å². The first-order chi connectivity index (χ1) is 10.7. The monoisotopic (exact) mass is 380 g/mol. The number of nitrogens with zero attached hydrogens (tertiary/aromatic N) is 2. The molecule has 23 heavy (non-hydrogen) atoms. The molecule has 0 radical (unpaired) electrons. The van der Waals surface area contributed by atoms with Gasteiger partial charge < -0.3 is 0 Å². The smallest absolute Gasteiger partial charge is 0.192 e. The first kappa shape index (κ1) is 18.7. The van der Waals surface area contributed by atoms with Crippen molar-refractivity contribution in [1.29, 1.82) is 10.5 Å². The van der Waals surface area contributed by atoms with E-state index in [1.54, 1.807) is 12.1 Å². The molecule has 2 nitrogen and oxygen atoms in total. The molecule has 0 aliphatic carbocycles. The van der Waals surface area contributed by atoms with E-state index in [-0.39, 0.29) is 11.1 Å². The topological polar surface area (TPSA) is 47.6 Å². The van der Waals surface area contributed by atoms with Crippen molar-refractivity contribution in [2.45, 2.75) is 20.0 Å². The summed E-state index contributed by atoms with van der Waals surface area (Å²) in [5.41, 5.74) is 1.26. The number of aryl methyl sites for hydroxylation is 2. The van der Waals surface area contributed by atoms with Gasteiger partial charge in [-0.05, 0) is 49.2 Å². The van der Waals surface area contributed by atoms with E-state index in [0.29, 0.717) is 5.56 Å². The zero-order valence-electron chi connectivity index (χ0n) is 12.4. The van der Waals surface area contributed by atoms with E-state index in [0.717, 1.165) is 16.1 Å². The molecule has 0 heterocycles. The molecule has 0 aliphatic rings. The van der Waals surface area contributed by atoms with Crippen molar-refractivity contribution in [3.8, 4) is 12.1 Å². The van der Waals surface area contributed by atoms with Crippen LogP contribution in [0.4, 0.5) is 13.2 Å². The van der Waals surface area contributed by atoms with Crippen LogP contribution >= 0.6 is 15.9 Å². The van der Waals surface area contributed by atoms with Crippen molar-refractivity contribution in [3.63, 3.8) is 0 Å². The lowest BCUT2D eigenvalue weighted by molar-refractivity contribution is -0.138. The molecule has 0 atom stereocenters. The third-order valence-electron chi connectivity index (χ3n) is 2.97. The van der Waals surface area contributed by atoms with Gasteiger partial charge in [0.25, 0.3) is 0 Å². The zero-order valence-corrected chi connectivity index (χ0v) is 14.0. The lowest BCUT2D eigenvalue weighted by Crippen LogP contribution is -2.07. The molecular weight excluding hydrogens is 369 g/mol. The average molecular weight is 381 g/mol. The summed E-state index contributed by atoms with van der Waals surface area (Å²) in [6.07, 6.45) is -4.38. The maximum absolute atomic E-state index is 12.3. The second kappa shape index (κ2) is 7.80. The normalized spacial score (nSPS) is 10.1. The van der Waals surface area contributed by atoms with Gasteiger partial charge in [-0.15, -0.1) is 0 Å². The van der Waals surface area contributed by atoms with E-state index in [1.165, 1.54) is 19.1 Å². The van der Waals surface area contributed by atoms with Gasteiger partial charge >= 0.3 is 6.18 Å². The van der Waals surface area contributed by atoms with Crippen molar-refractivity contribution in [2.75, 3.05) is 0 Å². The van der Waals surface area contributed by atoms with Gasteiger partial charge in [-0.2, -0.15) is 23.7 Å². The van der Waals surface area contributed by atoms with Crippen LogP contribution in [-0.2, 0) is 6.18 Å². The molecule has 2 aromatic rings. The Labute approximate surface area is 140 Å². The SMILES string of the molecule is Cc1ccc(C#N)cc1Br.Cc1ccc(C#N)cc1C(F)(F)F. The molecule has 2 aromatic carbocycles. The van der Waals surface area contributed by atoms with Gasteiger partial charge in [-0.1, -0.05) is 28.1 Å². The van der Waals surface area contributed by atoms with Crippen molar-refractivity contribution in [3.05, 3.63) is 68.7 Å². The summed E-state index contributed by atoms with van der Waals surface area (Å²) in [4.78, 5) is 0. The van der Waals surface area contributed by atoms with Gasteiger partial charge in [0, 0.05) is 4.47 Å². The highest BCUT2D eigenvalue weighted by molar-refractivity contribution is 9.10. The lowest BCUT2D eigenvalue weighted by Gasteiger charge is -2.09. The first-order valence-corrected chi connectivity index (χ1v) is 7.22. The summed E-state index contributed by atoms with van der Waals surface area (Å²) >= 11 is 3.34. The van der Waals surface area contributed by atoms with Gasteiger partial charge in [0.2, 0.25) is 0 Å². The highest BCUT2D eigenvalue weighted by Gasteiger charge is 2.32. The second-order valence-corrected chi connectivity index (χ2v) is 5.57. The number of rotatable bonds is 0. The fourth-order valence-electron chi connectivity index (χ4n) is 1.66. The summed E-state index contributed by atoms with van der Waals surface area (Å²) in [6.45, 7) is 3.36. The molecule has 0 fully saturated rings. The standard InChI is InChI=1S/C9H6F3N.C8H6BrN/c1-6-2-3-7(5-13)4-8(6)9(10,11)12;1-6-2-3-7(5-10)4-8(6)9/h2-4H,1H3;2-4H,1H3. The number of nitriles is 2. The molecule has 0 saturated heterocycles. The molecule has 6 heteroatoms. The van der Waals surface area contributed by atoms with Crippen LogP contribution in [0.3, 0.4) is 0 Å². The van der Waals surface area contributed by atoms with Crippen LogP contribution in [0.15, 0.2) is 40.9 Å². The Morgan fingerprint density at radius 2 is 1.35 bits per heavy atom. The van der Waals surface area contributed by atoms with E-state index < -0.39 is 11.7 Å². The predicted octanol–water partition coefficient (Wildman–Crippen LogP) is 5.51. The molecule has 0 N–H and O–H groups in total. The molecule has 0 aromatic heterocycles. The Morgan fingerprint density at radius 3 is 1.78 bits per heavy atom. The Balaban J connectivity index is 0.000000238. The zero-order chi connectivity index (χ0) is 17.6. The summed E-state index contributed by atoms with van der Waals surface area (Å²) < 4.78 is 37.8. The minimum absolute atomic E-state index is 0.0259. The Bertz CT molecular complexity index is 784. The molecule has 0 amide bonds. The lowest BCUT2D eigenvalue weighted by atomic mass is 10.1. The molecule has 118 valence electrons. The minimum Gasteiger partial charge on any atom is -0.192 e. The van der Waals surface area contributed by atoms with Crippen LogP contribution in [0.1, 0.15) is 27.8 Å². The Kier molecular flexibility index (Phi) is 6.36. The number of alkyl halides is 3. The van der Waals surface area contributed by atoms with Crippen LogP contribution in [-0.4, -0.2) is 0 Å². The van der Waals surface area contributed by atoms with E-state index in [1.807, 2.05) is 19.1 Å². The quantitative estimate of drug-likeness (QED) is 0.604. The van der Waals surface area contributed by atoms with Gasteiger partial charge in [0.1, 0.15) is 0 Å². The molecule has 0 saturated carbocycles. The van der Waals surface area contributed by atoms with E-state index >= 15 is 0 Å². The van der Waals surface area contributed by atoms with Gasteiger partial charge in [-0.25, -0.2) is 0 Å².